The van der Waals surface area contributed by atoms with Crippen molar-refractivity contribution >= 4 is 5.91 Å². The van der Waals surface area contributed by atoms with E-state index in [1.54, 1.807) is 29.4 Å². The van der Waals surface area contributed by atoms with E-state index in [1.165, 1.54) is 0 Å². The summed E-state index contributed by atoms with van der Waals surface area (Å²) in [6, 6.07) is 11.2. The second kappa shape index (κ2) is 7.50. The van der Waals surface area contributed by atoms with Crippen molar-refractivity contribution in [3.63, 3.8) is 0 Å². The van der Waals surface area contributed by atoms with E-state index in [2.05, 4.69) is 15.1 Å². The highest BCUT2D eigenvalue weighted by Crippen LogP contribution is 2.35. The number of aromatic nitrogens is 3. The van der Waals surface area contributed by atoms with Crippen LogP contribution in [0.2, 0.25) is 0 Å². The third kappa shape index (κ3) is 3.65. The number of carbonyl (C=O) groups is 1. The summed E-state index contributed by atoms with van der Waals surface area (Å²) >= 11 is 0. The number of nitrogens with zero attached hydrogens (tertiary/aromatic N) is 4. The fraction of sp³-hybridized carbons (Fsp3) is 0.333. The van der Waals surface area contributed by atoms with E-state index < -0.39 is 5.67 Å². The van der Waals surface area contributed by atoms with Crippen molar-refractivity contribution in [3.05, 3.63) is 65.8 Å². The van der Waals surface area contributed by atoms with Gasteiger partial charge in [0.05, 0.1) is 13.0 Å². The number of carbonyl (C=O) groups excluding carboxylic acids is 1. The smallest absolute Gasteiger partial charge is 0.266 e. The molecule has 1 unspecified atom stereocenters. The molecule has 1 saturated heterocycles. The van der Waals surface area contributed by atoms with E-state index in [0.717, 1.165) is 11.1 Å². The minimum atomic E-state index is -1.84. The summed E-state index contributed by atoms with van der Waals surface area (Å²) in [7, 11) is 0. The lowest BCUT2D eigenvalue weighted by Gasteiger charge is -2.35. The maximum absolute atomic E-state index is 15.7. The molecule has 28 heavy (non-hydrogen) atoms. The van der Waals surface area contributed by atoms with Crippen molar-refractivity contribution in [2.24, 2.45) is 0 Å². The van der Waals surface area contributed by atoms with Gasteiger partial charge in [0, 0.05) is 24.5 Å². The zero-order valence-electron chi connectivity index (χ0n) is 15.6. The van der Waals surface area contributed by atoms with Crippen molar-refractivity contribution in [1.82, 2.24) is 20.0 Å². The Kier molecular flexibility index (Phi) is 4.90. The van der Waals surface area contributed by atoms with Crippen LogP contribution in [0.25, 0.3) is 11.4 Å². The zero-order valence-corrected chi connectivity index (χ0v) is 15.6. The number of piperidine rings is 1. The number of hydrogen-bond donors (Lipinski definition) is 0. The second-order valence-electron chi connectivity index (χ2n) is 7.15. The van der Waals surface area contributed by atoms with Gasteiger partial charge in [0.15, 0.2) is 0 Å². The lowest BCUT2D eigenvalue weighted by molar-refractivity contribution is -0.135. The van der Waals surface area contributed by atoms with E-state index in [-0.39, 0.29) is 31.2 Å². The molecule has 4 rings (SSSR count). The van der Waals surface area contributed by atoms with Crippen molar-refractivity contribution in [1.29, 1.82) is 0 Å². The van der Waals surface area contributed by atoms with Crippen LogP contribution in [0.5, 0.6) is 0 Å². The Balaban J connectivity index is 1.50. The fourth-order valence-corrected chi connectivity index (χ4v) is 3.51. The number of rotatable bonds is 4. The lowest BCUT2D eigenvalue weighted by atomic mass is 9.93. The van der Waals surface area contributed by atoms with Crippen molar-refractivity contribution in [3.8, 4) is 11.4 Å². The van der Waals surface area contributed by atoms with E-state index in [0.29, 0.717) is 24.4 Å². The SMILES string of the molecule is Cc1ccccc1CC(=O)N1CCCC(F)(c2nc(-c3ccncc3)no2)C1. The molecule has 0 bridgehead atoms. The molecule has 144 valence electrons. The highest BCUT2D eigenvalue weighted by molar-refractivity contribution is 5.79. The fourth-order valence-electron chi connectivity index (χ4n) is 3.51. The van der Waals surface area contributed by atoms with Gasteiger partial charge in [-0.05, 0) is 43.0 Å². The first kappa shape index (κ1) is 18.3. The molecule has 1 aliphatic heterocycles. The number of halogens is 1. The predicted octanol–water partition coefficient (Wildman–Crippen LogP) is 3.47. The van der Waals surface area contributed by atoms with Gasteiger partial charge in [-0.1, -0.05) is 29.4 Å². The molecular weight excluding hydrogens is 359 g/mol. The summed E-state index contributed by atoms with van der Waals surface area (Å²) in [4.78, 5) is 22.5. The Labute approximate surface area is 162 Å². The number of amides is 1. The average molecular weight is 380 g/mol. The van der Waals surface area contributed by atoms with Gasteiger partial charge in [0.25, 0.3) is 5.89 Å². The number of pyridine rings is 1. The van der Waals surface area contributed by atoms with Crippen LogP contribution in [0.1, 0.15) is 29.9 Å². The van der Waals surface area contributed by atoms with E-state index in [9.17, 15) is 4.79 Å². The normalized spacial score (nSPS) is 19.6. The monoisotopic (exact) mass is 380 g/mol. The molecule has 3 heterocycles. The Bertz CT molecular complexity index is 975. The van der Waals surface area contributed by atoms with Gasteiger partial charge in [-0.2, -0.15) is 4.98 Å². The van der Waals surface area contributed by atoms with Crippen molar-refractivity contribution in [2.45, 2.75) is 31.9 Å². The number of hydrogen-bond acceptors (Lipinski definition) is 5. The molecule has 0 saturated carbocycles. The summed E-state index contributed by atoms with van der Waals surface area (Å²) in [6.07, 6.45) is 4.28. The maximum atomic E-state index is 15.7. The number of likely N-dealkylation sites (tertiary alicyclic amines) is 1. The summed E-state index contributed by atoms with van der Waals surface area (Å²) in [5.41, 5.74) is 0.883. The van der Waals surface area contributed by atoms with Gasteiger partial charge in [-0.15, -0.1) is 0 Å². The topological polar surface area (TPSA) is 72.1 Å². The van der Waals surface area contributed by atoms with Crippen LogP contribution in [0.4, 0.5) is 4.39 Å². The molecule has 1 fully saturated rings. The van der Waals surface area contributed by atoms with Crippen LogP contribution in [0.15, 0.2) is 53.3 Å². The molecule has 6 nitrogen and oxygen atoms in total. The largest absolute Gasteiger partial charge is 0.339 e. The van der Waals surface area contributed by atoms with Gasteiger partial charge < -0.3 is 9.42 Å². The first-order valence-electron chi connectivity index (χ1n) is 9.31. The number of alkyl halides is 1. The lowest BCUT2D eigenvalue weighted by Crippen LogP contribution is -2.47. The minimum Gasteiger partial charge on any atom is -0.339 e. The summed E-state index contributed by atoms with van der Waals surface area (Å²) in [5, 5.41) is 3.90. The highest BCUT2D eigenvalue weighted by atomic mass is 19.1. The van der Waals surface area contributed by atoms with Crippen molar-refractivity contribution in [2.75, 3.05) is 13.1 Å². The van der Waals surface area contributed by atoms with Crippen LogP contribution in [-0.4, -0.2) is 39.0 Å². The Hall–Kier alpha value is -3.09. The first-order chi connectivity index (χ1) is 13.5. The highest BCUT2D eigenvalue weighted by Gasteiger charge is 2.43. The molecule has 0 radical (unpaired) electrons. The van der Waals surface area contributed by atoms with E-state index in [1.807, 2.05) is 31.2 Å². The molecule has 2 aromatic heterocycles. The van der Waals surface area contributed by atoms with Gasteiger partial charge in [-0.3, -0.25) is 9.78 Å². The average Bonchev–Trinajstić information content (AvgIpc) is 3.22. The van der Waals surface area contributed by atoms with E-state index >= 15 is 4.39 Å². The quantitative estimate of drug-likeness (QED) is 0.693. The number of aryl methyl sites for hydroxylation is 1. The van der Waals surface area contributed by atoms with E-state index in [4.69, 9.17) is 4.52 Å². The molecule has 1 amide bonds. The van der Waals surface area contributed by atoms with Crippen molar-refractivity contribution < 1.29 is 13.7 Å². The first-order valence-corrected chi connectivity index (χ1v) is 9.31. The third-order valence-corrected chi connectivity index (χ3v) is 5.15. The van der Waals surface area contributed by atoms with Crippen LogP contribution in [-0.2, 0) is 16.9 Å². The maximum Gasteiger partial charge on any atom is 0.266 e. The van der Waals surface area contributed by atoms with Gasteiger partial charge in [0.2, 0.25) is 17.4 Å². The molecule has 1 atom stereocenters. The number of benzene rings is 1. The molecule has 0 aliphatic carbocycles. The summed E-state index contributed by atoms with van der Waals surface area (Å²) in [6.45, 7) is 2.43. The summed E-state index contributed by atoms with van der Waals surface area (Å²) in [5.74, 6) is 0.149. The summed E-state index contributed by atoms with van der Waals surface area (Å²) < 4.78 is 20.9. The van der Waals surface area contributed by atoms with Gasteiger partial charge >= 0.3 is 0 Å². The predicted molar refractivity (Wildman–Crippen MR) is 101 cm³/mol. The van der Waals surface area contributed by atoms with Gasteiger partial charge in [-0.25, -0.2) is 4.39 Å². The standard InChI is InChI=1S/C21H21FN4O2/c1-15-5-2-3-6-17(15)13-18(27)26-12-4-9-21(22,14-26)20-24-19(25-28-20)16-7-10-23-11-8-16/h2-3,5-8,10-11H,4,9,12-14H2,1H3. The molecule has 1 aromatic carbocycles. The second-order valence-corrected chi connectivity index (χ2v) is 7.15. The molecule has 0 spiro atoms. The van der Waals surface area contributed by atoms with Gasteiger partial charge in [0.1, 0.15) is 0 Å². The Morgan fingerprint density at radius 1 is 1.25 bits per heavy atom. The minimum absolute atomic E-state index is 0.0737. The molecule has 0 N–H and O–H groups in total. The molecule has 7 heteroatoms. The van der Waals surface area contributed by atoms with Crippen LogP contribution < -0.4 is 0 Å². The molecule has 3 aromatic rings. The van der Waals surface area contributed by atoms with Crippen LogP contribution in [0, 0.1) is 6.92 Å². The Morgan fingerprint density at radius 3 is 2.82 bits per heavy atom. The molecular formula is C21H21FN4O2. The van der Waals surface area contributed by atoms with Crippen LogP contribution >= 0.6 is 0 Å². The molecule has 1 aliphatic rings. The third-order valence-electron chi connectivity index (χ3n) is 5.15. The zero-order chi connectivity index (χ0) is 19.6. The Morgan fingerprint density at radius 2 is 2.04 bits per heavy atom. The van der Waals surface area contributed by atoms with Crippen LogP contribution in [0.3, 0.4) is 0 Å².